The number of nitrogens with zero attached hydrogens (tertiary/aromatic N) is 3. The molecule has 9 heteroatoms. The van der Waals surface area contributed by atoms with Crippen molar-refractivity contribution in [1.29, 1.82) is 0 Å². The zero-order valence-corrected chi connectivity index (χ0v) is 17.3. The minimum Gasteiger partial charge on any atom is -0.493 e. The highest BCUT2D eigenvalue weighted by molar-refractivity contribution is 6.30. The van der Waals surface area contributed by atoms with Gasteiger partial charge in [0.1, 0.15) is 5.82 Å². The molecule has 29 heavy (non-hydrogen) atoms. The normalized spacial score (nSPS) is 10.5. The first-order valence-corrected chi connectivity index (χ1v) is 9.11. The van der Waals surface area contributed by atoms with E-state index in [1.165, 1.54) is 21.3 Å². The summed E-state index contributed by atoms with van der Waals surface area (Å²) in [6, 6.07) is 10.7. The molecular formula is C20H21ClN4O4. The van der Waals surface area contributed by atoms with Crippen molar-refractivity contribution in [2.24, 2.45) is 0 Å². The van der Waals surface area contributed by atoms with Gasteiger partial charge in [0.05, 0.1) is 27.0 Å². The largest absolute Gasteiger partial charge is 0.493 e. The number of aryl methyl sites for hydroxylation is 1. The monoisotopic (exact) mass is 416 g/mol. The predicted octanol–water partition coefficient (Wildman–Crippen LogP) is 3.18. The molecule has 0 unspecified atom stereocenters. The summed E-state index contributed by atoms with van der Waals surface area (Å²) in [6.07, 6.45) is 0. The van der Waals surface area contributed by atoms with Crippen LogP contribution in [0.15, 0.2) is 36.4 Å². The zero-order chi connectivity index (χ0) is 21.0. The van der Waals surface area contributed by atoms with E-state index in [0.29, 0.717) is 28.1 Å². The van der Waals surface area contributed by atoms with Crippen molar-refractivity contribution in [2.75, 3.05) is 21.3 Å². The Balaban J connectivity index is 1.76. The number of aromatic nitrogens is 3. The number of benzene rings is 2. The van der Waals surface area contributed by atoms with Crippen LogP contribution in [0.25, 0.3) is 5.69 Å². The molecule has 1 N–H and O–H groups in total. The smallest absolute Gasteiger partial charge is 0.291 e. The maximum atomic E-state index is 12.5. The van der Waals surface area contributed by atoms with Crippen molar-refractivity contribution >= 4 is 17.5 Å². The quantitative estimate of drug-likeness (QED) is 0.636. The van der Waals surface area contributed by atoms with Crippen molar-refractivity contribution in [2.45, 2.75) is 13.5 Å². The number of rotatable bonds is 7. The first-order chi connectivity index (χ1) is 14.0. The highest BCUT2D eigenvalue weighted by Crippen LogP contribution is 2.38. The van der Waals surface area contributed by atoms with E-state index in [2.05, 4.69) is 15.4 Å². The van der Waals surface area contributed by atoms with Gasteiger partial charge in [-0.3, -0.25) is 4.79 Å². The molecule has 0 aliphatic heterocycles. The van der Waals surface area contributed by atoms with Gasteiger partial charge in [0.15, 0.2) is 11.5 Å². The Morgan fingerprint density at radius 2 is 1.69 bits per heavy atom. The van der Waals surface area contributed by atoms with E-state index in [4.69, 9.17) is 25.8 Å². The highest BCUT2D eigenvalue weighted by Gasteiger charge is 2.17. The Morgan fingerprint density at radius 1 is 1.07 bits per heavy atom. The molecule has 0 fully saturated rings. The van der Waals surface area contributed by atoms with Crippen LogP contribution in [-0.2, 0) is 6.54 Å². The second-order valence-corrected chi connectivity index (χ2v) is 6.52. The molecule has 0 aliphatic rings. The van der Waals surface area contributed by atoms with E-state index in [1.807, 2.05) is 12.1 Å². The lowest BCUT2D eigenvalue weighted by Gasteiger charge is -2.14. The molecule has 3 rings (SSSR count). The molecule has 1 heterocycles. The van der Waals surface area contributed by atoms with Crippen LogP contribution in [0.1, 0.15) is 22.0 Å². The molecule has 1 amide bonds. The van der Waals surface area contributed by atoms with Crippen molar-refractivity contribution in [1.82, 2.24) is 20.1 Å². The molecule has 2 aromatic carbocycles. The number of carbonyl (C=O) groups excluding carboxylic acids is 1. The van der Waals surface area contributed by atoms with E-state index >= 15 is 0 Å². The van der Waals surface area contributed by atoms with Gasteiger partial charge >= 0.3 is 0 Å². The minimum atomic E-state index is -0.394. The third kappa shape index (κ3) is 4.43. The summed E-state index contributed by atoms with van der Waals surface area (Å²) >= 11 is 5.92. The average molecular weight is 417 g/mol. The fourth-order valence-electron chi connectivity index (χ4n) is 2.81. The molecule has 8 nitrogen and oxygen atoms in total. The summed E-state index contributed by atoms with van der Waals surface area (Å²) in [5.41, 5.74) is 1.55. The summed E-state index contributed by atoms with van der Waals surface area (Å²) in [6.45, 7) is 2.02. The van der Waals surface area contributed by atoms with Crippen molar-refractivity contribution < 1.29 is 19.0 Å². The van der Waals surface area contributed by atoms with Gasteiger partial charge in [0, 0.05) is 11.6 Å². The summed E-state index contributed by atoms with van der Waals surface area (Å²) in [5.74, 6) is 1.78. The molecule has 0 saturated carbocycles. The standard InChI is InChI=1S/C20H21ClN4O4/c1-12-23-19(24-25(12)15-7-5-14(21)6-8-15)20(26)22-11-13-9-16(27-2)18(29-4)17(10-13)28-3/h5-10H,11H2,1-4H3,(H,22,26). The third-order valence-corrected chi connectivity index (χ3v) is 4.47. The molecule has 0 spiro atoms. The lowest BCUT2D eigenvalue weighted by Crippen LogP contribution is -2.24. The van der Waals surface area contributed by atoms with Gasteiger partial charge in [-0.2, -0.15) is 0 Å². The molecule has 0 saturated heterocycles. The lowest BCUT2D eigenvalue weighted by atomic mass is 10.1. The first-order valence-electron chi connectivity index (χ1n) is 8.73. The number of amides is 1. The van der Waals surface area contributed by atoms with Crippen LogP contribution in [-0.4, -0.2) is 42.0 Å². The van der Waals surface area contributed by atoms with E-state index in [-0.39, 0.29) is 12.4 Å². The minimum absolute atomic E-state index is 0.0740. The maximum Gasteiger partial charge on any atom is 0.291 e. The van der Waals surface area contributed by atoms with E-state index in [9.17, 15) is 4.79 Å². The maximum absolute atomic E-state index is 12.5. The highest BCUT2D eigenvalue weighted by atomic mass is 35.5. The second kappa shape index (κ2) is 8.83. The van der Waals surface area contributed by atoms with Crippen LogP contribution in [0.4, 0.5) is 0 Å². The number of ether oxygens (including phenoxy) is 3. The topological polar surface area (TPSA) is 87.5 Å². The molecule has 0 atom stereocenters. The number of hydrogen-bond acceptors (Lipinski definition) is 6. The summed E-state index contributed by atoms with van der Waals surface area (Å²) < 4.78 is 17.6. The van der Waals surface area contributed by atoms with E-state index < -0.39 is 5.91 Å². The molecule has 0 aliphatic carbocycles. The third-order valence-electron chi connectivity index (χ3n) is 4.22. The zero-order valence-electron chi connectivity index (χ0n) is 16.5. The van der Waals surface area contributed by atoms with Crippen LogP contribution in [0.3, 0.4) is 0 Å². The summed E-state index contributed by atoms with van der Waals surface area (Å²) in [5, 5.41) is 7.72. The number of nitrogens with one attached hydrogen (secondary N) is 1. The van der Waals surface area contributed by atoms with E-state index in [1.54, 1.807) is 35.9 Å². The van der Waals surface area contributed by atoms with Crippen molar-refractivity contribution in [3.05, 3.63) is 58.6 Å². The Labute approximate surface area is 173 Å². The Kier molecular flexibility index (Phi) is 6.23. The number of carbonyl (C=O) groups is 1. The molecule has 152 valence electrons. The fraction of sp³-hybridized carbons (Fsp3) is 0.250. The Morgan fingerprint density at radius 3 is 2.24 bits per heavy atom. The molecule has 0 bridgehead atoms. The van der Waals surface area contributed by atoms with Gasteiger partial charge in [-0.15, -0.1) is 5.10 Å². The lowest BCUT2D eigenvalue weighted by molar-refractivity contribution is 0.0940. The number of methoxy groups -OCH3 is 3. The average Bonchev–Trinajstić information content (AvgIpc) is 3.13. The Bertz CT molecular complexity index is 993. The summed E-state index contributed by atoms with van der Waals surface area (Å²) in [4.78, 5) is 16.8. The van der Waals surface area contributed by atoms with E-state index in [0.717, 1.165) is 11.3 Å². The Hall–Kier alpha value is -3.26. The van der Waals surface area contributed by atoms with Crippen LogP contribution in [0.5, 0.6) is 17.2 Å². The fourth-order valence-corrected chi connectivity index (χ4v) is 2.94. The van der Waals surface area contributed by atoms with Gasteiger partial charge in [-0.05, 0) is 48.9 Å². The SMILES string of the molecule is COc1cc(CNC(=O)c2nc(C)n(-c3ccc(Cl)cc3)n2)cc(OC)c1OC. The first kappa shape index (κ1) is 20.5. The van der Waals surface area contributed by atoms with Gasteiger partial charge in [0.2, 0.25) is 11.6 Å². The molecule has 0 radical (unpaired) electrons. The van der Waals surface area contributed by atoms with Gasteiger partial charge in [-0.25, -0.2) is 9.67 Å². The molecule has 3 aromatic rings. The summed E-state index contributed by atoms with van der Waals surface area (Å²) in [7, 11) is 4.61. The van der Waals surface area contributed by atoms with Crippen molar-refractivity contribution in [3.63, 3.8) is 0 Å². The predicted molar refractivity (Wildman–Crippen MR) is 108 cm³/mol. The van der Waals surface area contributed by atoms with Gasteiger partial charge < -0.3 is 19.5 Å². The number of hydrogen-bond donors (Lipinski definition) is 1. The molecule has 1 aromatic heterocycles. The van der Waals surface area contributed by atoms with Crippen LogP contribution < -0.4 is 19.5 Å². The van der Waals surface area contributed by atoms with Crippen LogP contribution in [0, 0.1) is 6.92 Å². The van der Waals surface area contributed by atoms with Crippen LogP contribution >= 0.6 is 11.6 Å². The van der Waals surface area contributed by atoms with Crippen LogP contribution in [0.2, 0.25) is 5.02 Å². The second-order valence-electron chi connectivity index (χ2n) is 6.09. The van der Waals surface area contributed by atoms with Crippen molar-refractivity contribution in [3.8, 4) is 22.9 Å². The van der Waals surface area contributed by atoms with Gasteiger partial charge in [-0.1, -0.05) is 11.6 Å². The van der Waals surface area contributed by atoms with Gasteiger partial charge in [0.25, 0.3) is 5.91 Å². The molecular weight excluding hydrogens is 396 g/mol. The number of halogens is 1.